The molecule has 2 N–H and O–H groups in total. The summed E-state index contributed by atoms with van der Waals surface area (Å²) < 4.78 is 0. The third kappa shape index (κ3) is 4.12. The van der Waals surface area contributed by atoms with Gasteiger partial charge in [-0.1, -0.05) is 48.5 Å². The Morgan fingerprint density at radius 2 is 1.53 bits per heavy atom. The van der Waals surface area contributed by atoms with E-state index >= 15 is 0 Å². The summed E-state index contributed by atoms with van der Waals surface area (Å²) in [5, 5.41) is 0. The lowest BCUT2D eigenvalue weighted by Gasteiger charge is -2.28. The number of aryl methyl sites for hydroxylation is 3. The number of primary amides is 1. The zero-order chi connectivity index (χ0) is 21.3. The van der Waals surface area contributed by atoms with Crippen LogP contribution in [0.4, 0.5) is 0 Å². The van der Waals surface area contributed by atoms with Crippen LogP contribution in [0.25, 0.3) is 0 Å². The number of rotatable bonds is 6. The first kappa shape index (κ1) is 20.6. The highest BCUT2D eigenvalue weighted by molar-refractivity contribution is 5.97. The minimum Gasteiger partial charge on any atom is -0.368 e. The molecule has 5 heteroatoms. The van der Waals surface area contributed by atoms with Crippen molar-refractivity contribution in [3.05, 3.63) is 70.8 Å². The smallest absolute Gasteiger partial charge is 0.254 e. The fourth-order valence-electron chi connectivity index (χ4n) is 5.21. The van der Waals surface area contributed by atoms with Crippen LogP contribution in [-0.4, -0.2) is 53.8 Å². The van der Waals surface area contributed by atoms with E-state index in [4.69, 9.17) is 5.73 Å². The molecule has 0 spiro atoms. The van der Waals surface area contributed by atoms with Crippen LogP contribution in [0.5, 0.6) is 0 Å². The van der Waals surface area contributed by atoms with Crippen molar-refractivity contribution >= 4 is 11.8 Å². The molecule has 2 amide bonds. The molecule has 0 saturated carbocycles. The fourth-order valence-corrected chi connectivity index (χ4v) is 5.21. The summed E-state index contributed by atoms with van der Waals surface area (Å²) in [6, 6.07) is 16.0. The summed E-state index contributed by atoms with van der Waals surface area (Å²) in [5.74, 6) is 0.727. The molecule has 2 aliphatic heterocycles. The van der Waals surface area contributed by atoms with Gasteiger partial charge in [-0.3, -0.25) is 14.5 Å². The number of carbonyl (C=O) groups is 2. The molecule has 2 fully saturated rings. The Bertz CT molecular complexity index is 893. The van der Waals surface area contributed by atoms with E-state index in [9.17, 15) is 9.59 Å². The maximum Gasteiger partial charge on any atom is 0.254 e. The lowest BCUT2D eigenvalue weighted by Crippen LogP contribution is -2.45. The van der Waals surface area contributed by atoms with Crippen LogP contribution in [0.1, 0.15) is 33.5 Å². The number of fused-ring (bicyclic) bond motifs is 1. The molecular formula is C25H31N3O2. The topological polar surface area (TPSA) is 66.6 Å². The molecule has 2 aliphatic rings. The molecule has 158 valence electrons. The van der Waals surface area contributed by atoms with Crippen LogP contribution < -0.4 is 5.73 Å². The molecule has 0 radical (unpaired) electrons. The summed E-state index contributed by atoms with van der Waals surface area (Å²) in [4.78, 5) is 29.6. The monoisotopic (exact) mass is 405 g/mol. The molecule has 0 bridgehead atoms. The molecule has 5 nitrogen and oxygen atoms in total. The Balaban J connectivity index is 1.38. The number of carbonyl (C=O) groups excluding carboxylic acids is 2. The van der Waals surface area contributed by atoms with E-state index in [0.29, 0.717) is 11.8 Å². The molecular weight excluding hydrogens is 374 g/mol. The second kappa shape index (κ2) is 8.60. The zero-order valence-electron chi connectivity index (χ0n) is 17.9. The van der Waals surface area contributed by atoms with Crippen molar-refractivity contribution < 1.29 is 9.59 Å². The minimum atomic E-state index is -0.241. The van der Waals surface area contributed by atoms with E-state index in [1.54, 1.807) is 0 Å². The van der Waals surface area contributed by atoms with Crippen molar-refractivity contribution in [2.24, 2.45) is 17.6 Å². The highest BCUT2D eigenvalue weighted by Crippen LogP contribution is 2.34. The molecule has 3 atom stereocenters. The quantitative estimate of drug-likeness (QED) is 0.804. The second-order valence-corrected chi connectivity index (χ2v) is 8.89. The number of nitrogens with zero attached hydrogens (tertiary/aromatic N) is 2. The first-order chi connectivity index (χ1) is 14.4. The molecule has 4 rings (SSSR count). The minimum absolute atomic E-state index is 0.141. The number of likely N-dealkylation sites (tertiary alicyclic amines) is 2. The molecule has 0 aliphatic carbocycles. The summed E-state index contributed by atoms with van der Waals surface area (Å²) in [6.45, 7) is 7.20. The summed E-state index contributed by atoms with van der Waals surface area (Å²) >= 11 is 0. The lowest BCUT2D eigenvalue weighted by molar-refractivity contribution is -0.123. The molecule has 2 aromatic carbocycles. The number of benzene rings is 2. The molecule has 2 heterocycles. The van der Waals surface area contributed by atoms with Crippen LogP contribution in [0.3, 0.4) is 0 Å². The van der Waals surface area contributed by atoms with Gasteiger partial charge in [-0.2, -0.15) is 0 Å². The van der Waals surface area contributed by atoms with Crippen molar-refractivity contribution in [3.63, 3.8) is 0 Å². The van der Waals surface area contributed by atoms with E-state index < -0.39 is 0 Å². The number of nitrogens with two attached hydrogens (primary N) is 1. The average molecular weight is 406 g/mol. The first-order valence-corrected chi connectivity index (χ1v) is 10.9. The van der Waals surface area contributed by atoms with Gasteiger partial charge in [0.15, 0.2) is 0 Å². The van der Waals surface area contributed by atoms with Gasteiger partial charge in [-0.25, -0.2) is 0 Å². The largest absolute Gasteiger partial charge is 0.368 e. The Hall–Kier alpha value is -2.66. The van der Waals surface area contributed by atoms with Crippen molar-refractivity contribution in [2.45, 2.75) is 32.7 Å². The maximum absolute atomic E-state index is 13.1. The Morgan fingerprint density at radius 1 is 0.933 bits per heavy atom. The van der Waals surface area contributed by atoms with Crippen LogP contribution in [0.2, 0.25) is 0 Å². The van der Waals surface area contributed by atoms with Crippen LogP contribution in [-0.2, 0) is 11.2 Å². The van der Waals surface area contributed by atoms with Crippen molar-refractivity contribution in [1.29, 1.82) is 0 Å². The predicted octanol–water partition coefficient (Wildman–Crippen LogP) is 2.79. The third-order valence-electron chi connectivity index (χ3n) is 6.82. The summed E-state index contributed by atoms with van der Waals surface area (Å²) in [5.41, 5.74) is 9.91. The Labute approximate surface area is 178 Å². The normalized spacial score (nSPS) is 22.1. The predicted molar refractivity (Wildman–Crippen MR) is 118 cm³/mol. The van der Waals surface area contributed by atoms with E-state index in [1.807, 2.05) is 55.1 Å². The zero-order valence-corrected chi connectivity index (χ0v) is 17.9. The van der Waals surface area contributed by atoms with Gasteiger partial charge in [0.05, 0.1) is 6.04 Å². The summed E-state index contributed by atoms with van der Waals surface area (Å²) in [6.07, 6.45) is 1.58. The van der Waals surface area contributed by atoms with Crippen molar-refractivity contribution in [3.8, 4) is 0 Å². The van der Waals surface area contributed by atoms with Crippen LogP contribution >= 0.6 is 0 Å². The second-order valence-electron chi connectivity index (χ2n) is 8.89. The lowest BCUT2D eigenvalue weighted by atomic mass is 10.0. The Morgan fingerprint density at radius 3 is 2.10 bits per heavy atom. The first-order valence-electron chi connectivity index (χ1n) is 10.9. The van der Waals surface area contributed by atoms with E-state index in [0.717, 1.165) is 55.7 Å². The third-order valence-corrected chi connectivity index (χ3v) is 6.82. The number of hydrogen-bond acceptors (Lipinski definition) is 3. The van der Waals surface area contributed by atoms with Gasteiger partial charge in [0.1, 0.15) is 0 Å². The SMILES string of the molecule is Cc1cccc(C)c1C(=O)N1CC2CN(C(CCc3ccccc3)C(N)=O)CC2C1. The molecule has 0 aromatic heterocycles. The van der Waals surface area contributed by atoms with Gasteiger partial charge in [0.25, 0.3) is 5.91 Å². The average Bonchev–Trinajstić information content (AvgIpc) is 3.28. The van der Waals surface area contributed by atoms with Crippen LogP contribution in [0, 0.1) is 25.7 Å². The molecule has 3 unspecified atom stereocenters. The highest BCUT2D eigenvalue weighted by Gasteiger charge is 2.44. The number of amides is 2. The van der Waals surface area contributed by atoms with Gasteiger partial charge in [0, 0.05) is 31.7 Å². The highest BCUT2D eigenvalue weighted by atomic mass is 16.2. The Kier molecular flexibility index (Phi) is 5.91. The van der Waals surface area contributed by atoms with Gasteiger partial charge >= 0.3 is 0 Å². The molecule has 30 heavy (non-hydrogen) atoms. The van der Waals surface area contributed by atoms with Gasteiger partial charge in [-0.05, 0) is 55.2 Å². The van der Waals surface area contributed by atoms with E-state index in [-0.39, 0.29) is 17.9 Å². The maximum atomic E-state index is 13.1. The van der Waals surface area contributed by atoms with Crippen LogP contribution in [0.15, 0.2) is 48.5 Å². The molecule has 2 aromatic rings. The standard InChI is InChI=1S/C25H31N3O2/c1-17-7-6-8-18(2)23(17)25(30)28-15-20-13-27(14-21(20)16-28)22(24(26)29)12-11-19-9-4-3-5-10-19/h3-10,20-22H,11-16H2,1-2H3,(H2,26,29). The van der Waals surface area contributed by atoms with Gasteiger partial charge in [0.2, 0.25) is 5.91 Å². The van der Waals surface area contributed by atoms with E-state index in [2.05, 4.69) is 17.0 Å². The van der Waals surface area contributed by atoms with Gasteiger partial charge in [-0.15, -0.1) is 0 Å². The summed E-state index contributed by atoms with van der Waals surface area (Å²) in [7, 11) is 0. The van der Waals surface area contributed by atoms with E-state index in [1.165, 1.54) is 5.56 Å². The van der Waals surface area contributed by atoms with Crippen molar-refractivity contribution in [2.75, 3.05) is 26.2 Å². The fraction of sp³-hybridized carbons (Fsp3) is 0.440. The van der Waals surface area contributed by atoms with Crippen molar-refractivity contribution in [1.82, 2.24) is 9.80 Å². The van der Waals surface area contributed by atoms with Gasteiger partial charge < -0.3 is 10.6 Å². The number of hydrogen-bond donors (Lipinski definition) is 1. The molecule has 2 saturated heterocycles.